The van der Waals surface area contributed by atoms with Crippen LogP contribution in [0.15, 0.2) is 36.7 Å². The van der Waals surface area contributed by atoms with Gasteiger partial charge in [-0.05, 0) is 12.1 Å². The van der Waals surface area contributed by atoms with Crippen LogP contribution in [0.25, 0.3) is 0 Å². The first-order valence-electron chi connectivity index (χ1n) is 6.20. The highest BCUT2D eigenvalue weighted by Gasteiger charge is 2.24. The Morgan fingerprint density at radius 2 is 1.90 bits per heavy atom. The minimum atomic E-state index is 0. The second-order valence-corrected chi connectivity index (χ2v) is 4.38. The zero-order valence-corrected chi connectivity index (χ0v) is 11.9. The van der Waals surface area contributed by atoms with Crippen LogP contribution in [-0.4, -0.2) is 30.2 Å². The largest absolute Gasteiger partial charge is 0.497 e. The smallest absolute Gasteiger partial charge is 0.241 e. The van der Waals surface area contributed by atoms with Gasteiger partial charge in [0.2, 0.25) is 5.88 Å². The molecule has 1 aromatic carbocycles. The lowest BCUT2D eigenvalue weighted by atomic mass is 9.99. The number of methoxy groups -OCH3 is 1. The van der Waals surface area contributed by atoms with Crippen molar-refractivity contribution in [3.8, 4) is 17.4 Å². The molecule has 0 unspecified atom stereocenters. The van der Waals surface area contributed by atoms with Crippen molar-refractivity contribution in [3.05, 3.63) is 42.4 Å². The average Bonchev–Trinajstić information content (AvgIpc) is 2.39. The molecule has 1 fully saturated rings. The number of rotatable bonds is 4. The molecule has 5 nitrogen and oxygen atoms in total. The van der Waals surface area contributed by atoms with E-state index in [0.717, 1.165) is 24.5 Å². The van der Waals surface area contributed by atoms with Gasteiger partial charge in [0.1, 0.15) is 17.2 Å². The van der Waals surface area contributed by atoms with Crippen molar-refractivity contribution in [3.63, 3.8) is 0 Å². The number of hydrogen-bond acceptors (Lipinski definition) is 5. The van der Waals surface area contributed by atoms with Crippen molar-refractivity contribution in [1.29, 1.82) is 0 Å². The molecule has 3 rings (SSSR count). The van der Waals surface area contributed by atoms with Gasteiger partial charge in [-0.2, -0.15) is 0 Å². The van der Waals surface area contributed by atoms with E-state index in [9.17, 15) is 0 Å². The minimum absolute atomic E-state index is 0. The molecule has 0 amide bonds. The van der Waals surface area contributed by atoms with Gasteiger partial charge in [-0.25, -0.2) is 4.98 Å². The maximum atomic E-state index is 5.83. The second kappa shape index (κ2) is 6.54. The van der Waals surface area contributed by atoms with Crippen molar-refractivity contribution in [2.24, 2.45) is 0 Å². The van der Waals surface area contributed by atoms with Crippen LogP contribution < -0.4 is 14.8 Å². The first kappa shape index (κ1) is 14.6. The van der Waals surface area contributed by atoms with E-state index in [1.54, 1.807) is 19.5 Å². The molecule has 0 radical (unpaired) electrons. The fourth-order valence-corrected chi connectivity index (χ4v) is 1.95. The van der Waals surface area contributed by atoms with Crippen molar-refractivity contribution < 1.29 is 9.47 Å². The van der Waals surface area contributed by atoms with Gasteiger partial charge in [0, 0.05) is 37.5 Å². The first-order chi connectivity index (χ1) is 9.36. The van der Waals surface area contributed by atoms with E-state index in [2.05, 4.69) is 15.3 Å². The molecule has 6 heteroatoms. The highest BCUT2D eigenvalue weighted by molar-refractivity contribution is 5.85. The summed E-state index contributed by atoms with van der Waals surface area (Å²) in [6, 6.07) is 7.47. The molecule has 0 atom stereocenters. The molecule has 1 saturated heterocycles. The van der Waals surface area contributed by atoms with Gasteiger partial charge in [-0.1, -0.05) is 6.07 Å². The summed E-state index contributed by atoms with van der Waals surface area (Å²) in [7, 11) is 1.63. The first-order valence-corrected chi connectivity index (χ1v) is 6.20. The summed E-state index contributed by atoms with van der Waals surface area (Å²) in [6.45, 7) is 1.85. The number of ether oxygens (including phenoxy) is 2. The van der Waals surface area contributed by atoms with Crippen LogP contribution in [0.4, 0.5) is 0 Å². The van der Waals surface area contributed by atoms with Crippen LogP contribution in [0.3, 0.4) is 0 Å². The van der Waals surface area contributed by atoms with Crippen LogP contribution in [0.2, 0.25) is 0 Å². The van der Waals surface area contributed by atoms with Crippen molar-refractivity contribution >= 4 is 12.4 Å². The molecular formula is C14H16ClN3O2. The van der Waals surface area contributed by atoms with E-state index < -0.39 is 0 Å². The predicted molar refractivity (Wildman–Crippen MR) is 78.0 cm³/mol. The van der Waals surface area contributed by atoms with Crippen molar-refractivity contribution in [2.45, 2.75) is 5.92 Å². The molecule has 20 heavy (non-hydrogen) atoms. The monoisotopic (exact) mass is 293 g/mol. The van der Waals surface area contributed by atoms with E-state index in [0.29, 0.717) is 17.5 Å². The fraction of sp³-hybridized carbons (Fsp3) is 0.286. The molecule has 0 bridgehead atoms. The van der Waals surface area contributed by atoms with E-state index in [4.69, 9.17) is 9.47 Å². The maximum absolute atomic E-state index is 5.83. The Kier molecular flexibility index (Phi) is 4.76. The number of nitrogens with zero attached hydrogens (tertiary/aromatic N) is 2. The molecule has 2 heterocycles. The fourth-order valence-electron chi connectivity index (χ4n) is 1.95. The van der Waals surface area contributed by atoms with Crippen LogP contribution >= 0.6 is 12.4 Å². The highest BCUT2D eigenvalue weighted by Crippen LogP contribution is 2.30. The van der Waals surface area contributed by atoms with E-state index in [1.165, 1.54) is 0 Å². The minimum Gasteiger partial charge on any atom is -0.497 e. The summed E-state index contributed by atoms with van der Waals surface area (Å²) in [6.07, 6.45) is 3.34. The van der Waals surface area contributed by atoms with Gasteiger partial charge in [0.15, 0.2) is 0 Å². The third kappa shape index (κ3) is 3.00. The molecule has 2 aromatic rings. The number of halogens is 1. The third-order valence-electron chi connectivity index (χ3n) is 3.12. The zero-order valence-electron chi connectivity index (χ0n) is 11.1. The summed E-state index contributed by atoms with van der Waals surface area (Å²) in [4.78, 5) is 8.66. The molecular weight excluding hydrogens is 278 g/mol. The van der Waals surface area contributed by atoms with Gasteiger partial charge in [-0.15, -0.1) is 12.4 Å². The van der Waals surface area contributed by atoms with Crippen LogP contribution in [0.1, 0.15) is 11.6 Å². The normalized spacial score (nSPS) is 14.1. The van der Waals surface area contributed by atoms with Gasteiger partial charge >= 0.3 is 0 Å². The van der Waals surface area contributed by atoms with E-state index in [-0.39, 0.29) is 12.4 Å². The molecule has 1 aliphatic heterocycles. The van der Waals surface area contributed by atoms with Crippen LogP contribution in [0, 0.1) is 0 Å². The van der Waals surface area contributed by atoms with Crippen LogP contribution in [0.5, 0.6) is 17.4 Å². The molecule has 0 aliphatic carbocycles. The molecule has 1 aromatic heterocycles. The van der Waals surface area contributed by atoms with Crippen molar-refractivity contribution in [2.75, 3.05) is 20.2 Å². The van der Waals surface area contributed by atoms with E-state index in [1.807, 2.05) is 24.3 Å². The van der Waals surface area contributed by atoms with Gasteiger partial charge in [0.25, 0.3) is 0 Å². The second-order valence-electron chi connectivity index (χ2n) is 4.38. The zero-order chi connectivity index (χ0) is 13.1. The number of nitrogens with one attached hydrogen (secondary N) is 1. The van der Waals surface area contributed by atoms with Gasteiger partial charge < -0.3 is 14.8 Å². The van der Waals surface area contributed by atoms with Gasteiger partial charge in [0.05, 0.1) is 7.11 Å². The quantitative estimate of drug-likeness (QED) is 0.938. The Morgan fingerprint density at radius 3 is 2.60 bits per heavy atom. The Labute approximate surface area is 123 Å². The Hall–Kier alpha value is -1.85. The molecule has 106 valence electrons. The lowest BCUT2D eigenvalue weighted by molar-refractivity contribution is 0.391. The SMILES string of the molecule is COc1cccc(Oc2nccnc2C2CNC2)c1.Cl. The summed E-state index contributed by atoms with van der Waals surface area (Å²) in [5.74, 6) is 2.41. The predicted octanol–water partition coefficient (Wildman–Crippen LogP) is 2.39. The highest BCUT2D eigenvalue weighted by atomic mass is 35.5. The lowest BCUT2D eigenvalue weighted by Gasteiger charge is -2.27. The molecule has 0 spiro atoms. The topological polar surface area (TPSA) is 56.3 Å². The Balaban J connectivity index is 0.00000147. The lowest BCUT2D eigenvalue weighted by Crippen LogP contribution is -2.40. The van der Waals surface area contributed by atoms with Crippen molar-refractivity contribution in [1.82, 2.24) is 15.3 Å². The third-order valence-corrected chi connectivity index (χ3v) is 3.12. The standard InChI is InChI=1S/C14H15N3O2.ClH/c1-18-11-3-2-4-12(7-11)19-14-13(10-8-15-9-10)16-5-6-17-14;/h2-7,10,15H,8-9H2,1H3;1H. The summed E-state index contributed by atoms with van der Waals surface area (Å²) in [5, 5.41) is 3.23. The van der Waals surface area contributed by atoms with E-state index >= 15 is 0 Å². The number of hydrogen-bond donors (Lipinski definition) is 1. The Morgan fingerprint density at radius 1 is 1.15 bits per heavy atom. The average molecular weight is 294 g/mol. The maximum Gasteiger partial charge on any atom is 0.241 e. The summed E-state index contributed by atoms with van der Waals surface area (Å²) < 4.78 is 11.0. The van der Waals surface area contributed by atoms with Crippen LogP contribution in [-0.2, 0) is 0 Å². The Bertz CT molecular complexity index is 576. The summed E-state index contributed by atoms with van der Waals surface area (Å²) >= 11 is 0. The van der Waals surface area contributed by atoms with Gasteiger partial charge in [-0.3, -0.25) is 4.98 Å². The summed E-state index contributed by atoms with van der Waals surface area (Å²) in [5.41, 5.74) is 0.907. The number of aromatic nitrogens is 2. The number of benzene rings is 1. The molecule has 1 N–H and O–H groups in total. The molecule has 1 aliphatic rings. The molecule has 0 saturated carbocycles.